The largest absolute Gasteiger partial charge is 0.370 e. The number of nitrogens with two attached hydrogens (primary N) is 7. The molecule has 0 heterocycles. The van der Waals surface area contributed by atoms with E-state index in [2.05, 4.69) is 20.6 Å². The van der Waals surface area contributed by atoms with Crippen molar-refractivity contribution in [1.29, 1.82) is 0 Å². The number of guanidine groups is 2. The molecule has 0 aromatic heterocycles. The summed E-state index contributed by atoms with van der Waals surface area (Å²) in [7, 11) is 2.90. The number of hydrogen-bond donors (Lipinski definition) is 9. The van der Waals surface area contributed by atoms with Crippen molar-refractivity contribution in [2.45, 2.75) is 63.1 Å². The van der Waals surface area contributed by atoms with Crippen molar-refractivity contribution in [1.82, 2.24) is 20.4 Å². The molecule has 0 aliphatic rings. The van der Waals surface area contributed by atoms with Crippen molar-refractivity contribution in [2.24, 2.45) is 50.1 Å². The molecule has 0 aromatic carbocycles. The first-order valence-electron chi connectivity index (χ1n) is 13.6. The van der Waals surface area contributed by atoms with E-state index >= 15 is 0 Å². The van der Waals surface area contributed by atoms with Crippen molar-refractivity contribution < 1.29 is 24.0 Å². The number of hydrogen-bond acceptors (Lipinski definition) is 9. The highest BCUT2D eigenvalue weighted by molar-refractivity contribution is 5.90. The Morgan fingerprint density at radius 1 is 0.667 bits per heavy atom. The molecule has 18 heteroatoms. The fourth-order valence-electron chi connectivity index (χ4n) is 3.72. The number of primary amides is 1. The zero-order chi connectivity index (χ0) is 32.2. The Balaban J connectivity index is 4.40. The summed E-state index contributed by atoms with van der Waals surface area (Å²) < 4.78 is 0. The predicted molar refractivity (Wildman–Crippen MR) is 159 cm³/mol. The lowest BCUT2D eigenvalue weighted by Crippen LogP contribution is -2.50. The Labute approximate surface area is 246 Å². The number of nitrogens with zero attached hydrogens (tertiary/aromatic N) is 4. The molecule has 0 unspecified atom stereocenters. The van der Waals surface area contributed by atoms with Gasteiger partial charge in [-0.25, -0.2) is 0 Å². The number of aliphatic imine (C=N–C) groups is 2. The van der Waals surface area contributed by atoms with Gasteiger partial charge in [-0.15, -0.1) is 0 Å². The Kier molecular flexibility index (Phi) is 18.6. The summed E-state index contributed by atoms with van der Waals surface area (Å²) in [6.07, 6.45) is 2.86. The van der Waals surface area contributed by atoms with Gasteiger partial charge in [0.1, 0.15) is 6.04 Å². The van der Waals surface area contributed by atoms with Crippen molar-refractivity contribution >= 4 is 41.5 Å². The molecule has 240 valence electrons. The van der Waals surface area contributed by atoms with Gasteiger partial charge in [-0.2, -0.15) is 0 Å². The molecule has 0 fully saturated rings. The van der Waals surface area contributed by atoms with Gasteiger partial charge in [0.05, 0.1) is 25.2 Å². The Bertz CT molecular complexity index is 951. The normalized spacial score (nSPS) is 12.7. The number of carbonyl (C=O) groups is 5. The summed E-state index contributed by atoms with van der Waals surface area (Å²) in [5.41, 5.74) is 38.2. The summed E-state index contributed by atoms with van der Waals surface area (Å²) in [5, 5.41) is 5.21. The highest BCUT2D eigenvalue weighted by Gasteiger charge is 2.23. The minimum absolute atomic E-state index is 0.0369. The van der Waals surface area contributed by atoms with Gasteiger partial charge in [-0.3, -0.25) is 34.0 Å². The highest BCUT2D eigenvalue weighted by atomic mass is 16.2. The second-order valence-electron chi connectivity index (χ2n) is 9.87. The molecule has 0 aromatic rings. The van der Waals surface area contributed by atoms with Crippen LogP contribution in [0.3, 0.4) is 0 Å². The number of carbonyl (C=O) groups excluding carboxylic acids is 5. The SMILES string of the molecule is CN(CC(=O)NCCCC[C@H](NC(=O)CN(C)C(=O)[C@@H](N)CCCN=C(N)N)C(N)=O)C(=O)[C@@H](N)CCCN=C(N)N. The maximum Gasteiger partial charge on any atom is 0.240 e. The van der Waals surface area contributed by atoms with Crippen LogP contribution in [0.5, 0.6) is 0 Å². The van der Waals surface area contributed by atoms with Gasteiger partial charge < -0.3 is 60.6 Å². The van der Waals surface area contributed by atoms with Crippen LogP contribution in [0.15, 0.2) is 9.98 Å². The lowest BCUT2D eigenvalue weighted by Gasteiger charge is -2.22. The van der Waals surface area contributed by atoms with Crippen molar-refractivity contribution in [2.75, 3.05) is 46.8 Å². The maximum absolute atomic E-state index is 12.4. The lowest BCUT2D eigenvalue weighted by atomic mass is 10.1. The fourth-order valence-corrected chi connectivity index (χ4v) is 3.72. The highest BCUT2D eigenvalue weighted by Crippen LogP contribution is 2.03. The van der Waals surface area contributed by atoms with Gasteiger partial charge >= 0.3 is 0 Å². The number of nitrogens with one attached hydrogen (secondary N) is 2. The van der Waals surface area contributed by atoms with E-state index in [1.165, 1.54) is 19.0 Å². The first-order chi connectivity index (χ1) is 19.6. The molecule has 5 amide bonds. The first kappa shape index (κ1) is 37.8. The van der Waals surface area contributed by atoms with Crippen LogP contribution < -0.4 is 50.8 Å². The van der Waals surface area contributed by atoms with Crippen LogP contribution in [0.1, 0.15) is 44.9 Å². The lowest BCUT2D eigenvalue weighted by molar-refractivity contribution is -0.136. The Morgan fingerprint density at radius 3 is 1.55 bits per heavy atom. The molecule has 0 aliphatic carbocycles. The van der Waals surface area contributed by atoms with Gasteiger partial charge in [-0.1, -0.05) is 0 Å². The van der Waals surface area contributed by atoms with Crippen molar-refractivity contribution in [3.63, 3.8) is 0 Å². The summed E-state index contributed by atoms with van der Waals surface area (Å²) in [4.78, 5) is 71.2. The molecule has 0 aliphatic heterocycles. The summed E-state index contributed by atoms with van der Waals surface area (Å²) >= 11 is 0. The summed E-state index contributed by atoms with van der Waals surface area (Å²) in [5.74, 6) is -2.59. The number of amides is 5. The van der Waals surface area contributed by atoms with Crippen LogP contribution >= 0.6 is 0 Å². The van der Waals surface area contributed by atoms with E-state index in [0.29, 0.717) is 51.6 Å². The van der Waals surface area contributed by atoms with E-state index in [9.17, 15) is 24.0 Å². The Hall–Kier alpha value is -4.19. The van der Waals surface area contributed by atoms with Crippen molar-refractivity contribution in [3.05, 3.63) is 0 Å². The second kappa shape index (κ2) is 20.7. The number of likely N-dealkylation sites (N-methyl/N-ethyl adjacent to an activating group) is 2. The van der Waals surface area contributed by atoms with Crippen molar-refractivity contribution in [3.8, 4) is 0 Å². The molecular weight excluding hydrogens is 550 g/mol. The number of unbranched alkanes of at least 4 members (excludes halogenated alkanes) is 1. The molecule has 0 saturated carbocycles. The zero-order valence-electron chi connectivity index (χ0n) is 24.6. The van der Waals surface area contributed by atoms with E-state index in [1.54, 1.807) is 0 Å². The molecular formula is C24H49N13O5. The van der Waals surface area contributed by atoms with Crippen LogP contribution in [-0.4, -0.2) is 116 Å². The fraction of sp³-hybridized carbons (Fsp3) is 0.708. The van der Waals surface area contributed by atoms with Crippen LogP contribution in [0, 0.1) is 0 Å². The van der Waals surface area contributed by atoms with Crippen LogP contribution in [0.25, 0.3) is 0 Å². The van der Waals surface area contributed by atoms with Gasteiger partial charge in [0.25, 0.3) is 0 Å². The standard InChI is InChI=1S/C24H49N13O5/c1-36(21(41)15(25)7-5-11-33-23(28)29)13-18(38)32-10-4-3-9-17(20(27)40)35-19(39)14-37(2)22(42)16(26)8-6-12-34-24(30)31/h15-17H,3-14,25-26H2,1-2H3,(H2,27,40)(H,32,38)(H,35,39)(H4,28,29,33)(H4,30,31,34)/t15-,16-,17-/m0/s1. The second-order valence-corrected chi connectivity index (χ2v) is 9.87. The smallest absolute Gasteiger partial charge is 0.240 e. The van der Waals surface area contributed by atoms with E-state index in [1.807, 2.05) is 0 Å². The van der Waals surface area contributed by atoms with E-state index in [4.69, 9.17) is 40.1 Å². The molecule has 16 N–H and O–H groups in total. The molecule has 0 bridgehead atoms. The number of rotatable bonds is 21. The molecule has 3 atom stereocenters. The van der Waals surface area contributed by atoms with E-state index in [0.717, 1.165) is 4.90 Å². The average molecular weight is 600 g/mol. The minimum Gasteiger partial charge on any atom is -0.370 e. The molecule has 0 saturated heterocycles. The van der Waals surface area contributed by atoms with E-state index in [-0.39, 0.29) is 49.8 Å². The zero-order valence-corrected chi connectivity index (χ0v) is 24.6. The van der Waals surface area contributed by atoms with E-state index < -0.39 is 35.8 Å². The monoisotopic (exact) mass is 599 g/mol. The topological polar surface area (TPSA) is 323 Å². The van der Waals surface area contributed by atoms with Gasteiger partial charge in [0, 0.05) is 33.7 Å². The Morgan fingerprint density at radius 2 is 1.12 bits per heavy atom. The molecule has 42 heavy (non-hydrogen) atoms. The van der Waals surface area contributed by atoms with Crippen LogP contribution in [0.4, 0.5) is 0 Å². The summed E-state index contributed by atoms with van der Waals surface area (Å²) in [6.45, 7) is 0.470. The van der Waals surface area contributed by atoms with Crippen LogP contribution in [-0.2, 0) is 24.0 Å². The maximum atomic E-state index is 12.4. The summed E-state index contributed by atoms with van der Waals surface area (Å²) in [6, 6.07) is -2.58. The third kappa shape index (κ3) is 17.5. The quantitative estimate of drug-likeness (QED) is 0.0341. The van der Waals surface area contributed by atoms with Gasteiger partial charge in [0.15, 0.2) is 11.9 Å². The molecule has 18 nitrogen and oxygen atoms in total. The van der Waals surface area contributed by atoms with Gasteiger partial charge in [-0.05, 0) is 44.9 Å². The molecule has 0 rings (SSSR count). The average Bonchev–Trinajstić information content (AvgIpc) is 2.90. The third-order valence-electron chi connectivity index (χ3n) is 6.00. The minimum atomic E-state index is -0.956. The third-order valence-corrected chi connectivity index (χ3v) is 6.00. The first-order valence-corrected chi connectivity index (χ1v) is 13.6. The molecule has 0 radical (unpaired) electrons. The van der Waals surface area contributed by atoms with Crippen LogP contribution in [0.2, 0.25) is 0 Å². The predicted octanol–water partition coefficient (Wildman–Crippen LogP) is -5.08. The van der Waals surface area contributed by atoms with Gasteiger partial charge in [0.2, 0.25) is 29.5 Å². The molecule has 0 spiro atoms.